The molecule has 2 aromatic rings. The molecular formula is C21H25F3N4O. The normalized spacial score (nSPS) is 22.7. The van der Waals surface area contributed by atoms with Gasteiger partial charge >= 0.3 is 6.18 Å². The van der Waals surface area contributed by atoms with Crippen molar-refractivity contribution in [3.05, 3.63) is 35.4 Å². The molecule has 8 heteroatoms. The van der Waals surface area contributed by atoms with Crippen LogP contribution in [0.25, 0.3) is 11.3 Å². The van der Waals surface area contributed by atoms with Crippen LogP contribution < -0.4 is 4.90 Å². The Labute approximate surface area is 168 Å². The van der Waals surface area contributed by atoms with Gasteiger partial charge in [-0.15, -0.1) is 10.2 Å². The minimum absolute atomic E-state index is 0.316. The first kappa shape index (κ1) is 19.9. The molecule has 3 heterocycles. The number of phenolic OH excluding ortho intramolecular Hbond substituents is 1. The van der Waals surface area contributed by atoms with E-state index in [0.29, 0.717) is 35.2 Å². The van der Waals surface area contributed by atoms with Gasteiger partial charge in [0.1, 0.15) is 5.75 Å². The molecule has 1 aromatic carbocycles. The van der Waals surface area contributed by atoms with Crippen LogP contribution in [0.1, 0.15) is 30.9 Å². The molecule has 0 spiro atoms. The molecule has 2 aliphatic rings. The molecule has 0 saturated carbocycles. The number of alkyl halides is 3. The van der Waals surface area contributed by atoms with Crippen LogP contribution in [0.3, 0.4) is 0 Å². The van der Waals surface area contributed by atoms with E-state index >= 15 is 0 Å². The van der Waals surface area contributed by atoms with E-state index in [1.54, 1.807) is 13.0 Å². The highest BCUT2D eigenvalue weighted by atomic mass is 19.4. The third-order valence-corrected chi connectivity index (χ3v) is 6.17. The van der Waals surface area contributed by atoms with E-state index in [1.165, 1.54) is 6.42 Å². The highest BCUT2D eigenvalue weighted by Gasteiger charge is 2.38. The Morgan fingerprint density at radius 2 is 1.90 bits per heavy atom. The number of aryl methyl sites for hydroxylation is 1. The van der Waals surface area contributed by atoms with Gasteiger partial charge in [-0.2, -0.15) is 13.2 Å². The Kier molecular flexibility index (Phi) is 5.14. The van der Waals surface area contributed by atoms with Crippen LogP contribution >= 0.6 is 0 Å². The lowest BCUT2D eigenvalue weighted by Crippen LogP contribution is -2.47. The van der Waals surface area contributed by atoms with Crippen molar-refractivity contribution < 1.29 is 18.3 Å². The van der Waals surface area contributed by atoms with Crippen molar-refractivity contribution in [1.29, 1.82) is 0 Å². The summed E-state index contributed by atoms with van der Waals surface area (Å²) < 4.78 is 39.2. The van der Waals surface area contributed by atoms with Gasteiger partial charge in [0.15, 0.2) is 5.82 Å². The zero-order valence-electron chi connectivity index (χ0n) is 16.6. The van der Waals surface area contributed by atoms with E-state index in [-0.39, 0.29) is 0 Å². The van der Waals surface area contributed by atoms with E-state index in [9.17, 15) is 18.3 Å². The molecule has 156 valence electrons. The van der Waals surface area contributed by atoms with Gasteiger partial charge in [-0.05, 0) is 68.6 Å². The fourth-order valence-corrected chi connectivity index (χ4v) is 4.62. The van der Waals surface area contributed by atoms with Gasteiger partial charge in [0.2, 0.25) is 0 Å². The summed E-state index contributed by atoms with van der Waals surface area (Å²) in [4.78, 5) is 4.61. The van der Waals surface area contributed by atoms with Crippen LogP contribution in [0.5, 0.6) is 5.75 Å². The number of anilines is 1. The molecule has 1 N–H and O–H groups in total. The van der Waals surface area contributed by atoms with Crippen LogP contribution in [-0.2, 0) is 12.6 Å². The molecule has 0 radical (unpaired) electrons. The molecule has 0 amide bonds. The first-order valence-corrected chi connectivity index (χ1v) is 10.00. The molecule has 0 bridgehead atoms. The van der Waals surface area contributed by atoms with Gasteiger partial charge in [-0.25, -0.2) is 0 Å². The van der Waals surface area contributed by atoms with Crippen LogP contribution in [0, 0.1) is 5.92 Å². The fraction of sp³-hybridized carbons (Fsp3) is 0.524. The lowest BCUT2D eigenvalue weighted by molar-refractivity contribution is -0.137. The standard InChI is InChI=1S/C21H25F3N4O/c1-3-13-10-15(21(22,23)24)11-18(29)20(13)16-4-5-19(26-25-16)28-9-7-14-6-8-27(2)12-17(14)28/h4-5,10-11,14,17,29H,3,6-9,12H2,1-2H3/t14-,17-/m1/s1. The number of likely N-dealkylation sites (N-methyl/N-ethyl adjacent to an activating group) is 1. The number of benzene rings is 1. The molecule has 5 nitrogen and oxygen atoms in total. The summed E-state index contributed by atoms with van der Waals surface area (Å²) in [6.45, 7) is 4.80. The van der Waals surface area contributed by atoms with Crippen molar-refractivity contribution >= 4 is 5.82 Å². The molecule has 2 saturated heterocycles. The van der Waals surface area contributed by atoms with Gasteiger partial charge in [0.25, 0.3) is 0 Å². The zero-order valence-corrected chi connectivity index (χ0v) is 16.6. The van der Waals surface area contributed by atoms with Gasteiger partial charge in [-0.1, -0.05) is 6.92 Å². The number of aromatic nitrogens is 2. The third kappa shape index (κ3) is 3.77. The highest BCUT2D eigenvalue weighted by Crippen LogP contribution is 2.39. The first-order valence-electron chi connectivity index (χ1n) is 10.00. The molecule has 29 heavy (non-hydrogen) atoms. The SMILES string of the molecule is CCc1cc(C(F)(F)F)cc(O)c1-c1ccc(N2CC[C@H]3CCN(C)C[C@H]32)nn1. The van der Waals surface area contributed by atoms with Gasteiger partial charge in [-0.3, -0.25) is 0 Å². The topological polar surface area (TPSA) is 52.5 Å². The van der Waals surface area contributed by atoms with E-state index < -0.39 is 17.5 Å². The molecule has 0 aliphatic carbocycles. The van der Waals surface area contributed by atoms with Crippen molar-refractivity contribution in [2.45, 2.75) is 38.4 Å². The number of fused-ring (bicyclic) bond motifs is 1. The Bertz CT molecular complexity index is 885. The maximum Gasteiger partial charge on any atom is 0.416 e. The lowest BCUT2D eigenvalue weighted by atomic mass is 9.92. The minimum Gasteiger partial charge on any atom is -0.507 e. The second kappa shape index (κ2) is 7.48. The van der Waals surface area contributed by atoms with Gasteiger partial charge < -0.3 is 14.9 Å². The van der Waals surface area contributed by atoms with E-state index in [4.69, 9.17) is 0 Å². The summed E-state index contributed by atoms with van der Waals surface area (Å²) in [5, 5.41) is 18.9. The molecule has 4 rings (SSSR count). The molecule has 2 fully saturated rings. The largest absolute Gasteiger partial charge is 0.507 e. The van der Waals surface area contributed by atoms with Crippen LogP contribution in [0.2, 0.25) is 0 Å². The van der Waals surface area contributed by atoms with E-state index in [2.05, 4.69) is 27.0 Å². The maximum atomic E-state index is 13.1. The minimum atomic E-state index is -4.51. The molecule has 1 aromatic heterocycles. The van der Waals surface area contributed by atoms with E-state index in [1.807, 2.05) is 6.07 Å². The first-order chi connectivity index (χ1) is 13.8. The molecule has 2 aliphatic heterocycles. The van der Waals surface area contributed by atoms with Gasteiger partial charge in [0.05, 0.1) is 11.3 Å². The van der Waals surface area contributed by atoms with Crippen molar-refractivity contribution in [1.82, 2.24) is 15.1 Å². The predicted octanol–water partition coefficient (Wildman–Crippen LogP) is 3.96. The number of aromatic hydroxyl groups is 1. The number of likely N-dealkylation sites (tertiary alicyclic amines) is 1. The maximum absolute atomic E-state index is 13.1. The Morgan fingerprint density at radius 1 is 1.14 bits per heavy atom. The fourth-order valence-electron chi connectivity index (χ4n) is 4.62. The number of hydrogen-bond donors (Lipinski definition) is 1. The quantitative estimate of drug-likeness (QED) is 0.836. The summed E-state index contributed by atoms with van der Waals surface area (Å²) >= 11 is 0. The number of hydrogen-bond acceptors (Lipinski definition) is 5. The monoisotopic (exact) mass is 406 g/mol. The summed E-state index contributed by atoms with van der Waals surface area (Å²) in [5.41, 5.74) is 0.240. The smallest absolute Gasteiger partial charge is 0.416 e. The number of piperidine rings is 1. The third-order valence-electron chi connectivity index (χ3n) is 6.17. The van der Waals surface area contributed by atoms with Gasteiger partial charge in [0, 0.05) is 24.7 Å². The van der Waals surface area contributed by atoms with Crippen LogP contribution in [0.4, 0.5) is 19.0 Å². The molecule has 0 unspecified atom stereocenters. The molecular weight excluding hydrogens is 381 g/mol. The van der Waals surface area contributed by atoms with Crippen molar-refractivity contribution in [3.63, 3.8) is 0 Å². The number of halogens is 3. The van der Waals surface area contributed by atoms with Crippen molar-refractivity contribution in [2.24, 2.45) is 5.92 Å². The summed E-state index contributed by atoms with van der Waals surface area (Å²) in [7, 11) is 2.13. The van der Waals surface area contributed by atoms with Crippen LogP contribution in [-0.4, -0.2) is 52.9 Å². The highest BCUT2D eigenvalue weighted by molar-refractivity contribution is 5.72. The van der Waals surface area contributed by atoms with Crippen LogP contribution in [0.15, 0.2) is 24.3 Å². The molecule has 2 atom stereocenters. The Balaban J connectivity index is 1.63. The average Bonchev–Trinajstić information content (AvgIpc) is 3.09. The predicted molar refractivity (Wildman–Crippen MR) is 105 cm³/mol. The van der Waals surface area contributed by atoms with Crippen molar-refractivity contribution in [2.75, 3.05) is 31.6 Å². The summed E-state index contributed by atoms with van der Waals surface area (Å²) in [6.07, 6.45) is -1.84. The lowest BCUT2D eigenvalue weighted by Gasteiger charge is -2.36. The number of phenols is 1. The number of rotatable bonds is 3. The summed E-state index contributed by atoms with van der Waals surface area (Å²) in [5.74, 6) is 1.02. The second-order valence-electron chi connectivity index (χ2n) is 8.02. The Hall–Kier alpha value is -2.35. The second-order valence-corrected chi connectivity index (χ2v) is 8.02. The Morgan fingerprint density at radius 3 is 2.55 bits per heavy atom. The van der Waals surface area contributed by atoms with Crippen molar-refractivity contribution in [3.8, 4) is 17.0 Å². The van der Waals surface area contributed by atoms with E-state index in [0.717, 1.165) is 44.0 Å². The zero-order chi connectivity index (χ0) is 20.8. The summed E-state index contributed by atoms with van der Waals surface area (Å²) in [6, 6.07) is 5.85. The average molecular weight is 406 g/mol. The number of nitrogens with zero attached hydrogens (tertiary/aromatic N) is 4.